The van der Waals surface area contributed by atoms with Crippen molar-refractivity contribution < 1.29 is 23.9 Å². The van der Waals surface area contributed by atoms with Gasteiger partial charge >= 0.3 is 11.9 Å². The normalized spacial score (nSPS) is 15.0. The second-order valence-corrected chi connectivity index (χ2v) is 6.22. The molecule has 1 aliphatic rings. The number of hydrogen-bond acceptors (Lipinski definition) is 5. The quantitative estimate of drug-likeness (QED) is 0.758. The zero-order chi connectivity index (χ0) is 17.7. The average molecular weight is 374 g/mol. The van der Waals surface area contributed by atoms with Crippen LogP contribution in [0, 0.1) is 5.92 Å². The molecule has 6 nitrogen and oxygen atoms in total. The van der Waals surface area contributed by atoms with E-state index in [1.54, 1.807) is 4.90 Å². The molecule has 0 radical (unpaired) electrons. The third kappa shape index (κ3) is 4.61. The Morgan fingerprint density at radius 2 is 1.88 bits per heavy atom. The van der Waals surface area contributed by atoms with Gasteiger partial charge in [-0.3, -0.25) is 9.59 Å². The number of esters is 2. The number of halogens is 2. The third-order valence-electron chi connectivity index (χ3n) is 3.86. The molecule has 0 unspecified atom stereocenters. The average Bonchev–Trinajstić information content (AvgIpc) is 2.58. The number of piperidine rings is 1. The van der Waals surface area contributed by atoms with Gasteiger partial charge in [0.05, 0.1) is 23.6 Å². The van der Waals surface area contributed by atoms with Gasteiger partial charge in [-0.25, -0.2) is 4.79 Å². The van der Waals surface area contributed by atoms with Crippen molar-refractivity contribution in [2.45, 2.75) is 12.8 Å². The number of amides is 1. The van der Waals surface area contributed by atoms with Crippen molar-refractivity contribution in [2.24, 2.45) is 5.92 Å². The zero-order valence-corrected chi connectivity index (χ0v) is 14.6. The van der Waals surface area contributed by atoms with E-state index in [9.17, 15) is 14.4 Å². The molecule has 0 spiro atoms. The molecule has 0 saturated carbocycles. The van der Waals surface area contributed by atoms with Crippen molar-refractivity contribution in [1.82, 2.24) is 4.90 Å². The monoisotopic (exact) mass is 373 g/mol. The van der Waals surface area contributed by atoms with Crippen molar-refractivity contribution in [3.63, 3.8) is 0 Å². The van der Waals surface area contributed by atoms with Crippen LogP contribution >= 0.6 is 23.2 Å². The molecule has 0 bridgehead atoms. The first-order valence-electron chi connectivity index (χ1n) is 7.40. The lowest BCUT2D eigenvalue weighted by molar-refractivity contribution is -0.149. The highest BCUT2D eigenvalue weighted by Gasteiger charge is 2.28. The first-order valence-corrected chi connectivity index (χ1v) is 8.15. The van der Waals surface area contributed by atoms with Gasteiger partial charge in [0, 0.05) is 18.1 Å². The third-order valence-corrected chi connectivity index (χ3v) is 4.41. The van der Waals surface area contributed by atoms with Gasteiger partial charge in [0.25, 0.3) is 5.91 Å². The highest BCUT2D eigenvalue weighted by atomic mass is 35.5. The lowest BCUT2D eigenvalue weighted by Gasteiger charge is -2.30. The molecule has 0 N–H and O–H groups in total. The molecule has 130 valence electrons. The standard InChI is InChI=1S/C16H17Cl2NO5/c1-23-15(21)10-4-6-19(7-5-10)14(20)9-24-16(22)12-3-2-11(17)8-13(12)18/h2-3,8,10H,4-7,9H2,1H3. The highest BCUT2D eigenvalue weighted by Crippen LogP contribution is 2.22. The Morgan fingerprint density at radius 1 is 1.21 bits per heavy atom. The Bertz CT molecular complexity index is 641. The number of methoxy groups -OCH3 is 1. The van der Waals surface area contributed by atoms with Crippen LogP contribution in [-0.4, -0.2) is 49.6 Å². The lowest BCUT2D eigenvalue weighted by Crippen LogP contribution is -2.42. The molecule has 1 aromatic rings. The highest BCUT2D eigenvalue weighted by molar-refractivity contribution is 6.36. The van der Waals surface area contributed by atoms with Crippen LogP contribution in [-0.2, 0) is 19.1 Å². The summed E-state index contributed by atoms with van der Waals surface area (Å²) in [4.78, 5) is 37.1. The lowest BCUT2D eigenvalue weighted by atomic mass is 9.97. The van der Waals surface area contributed by atoms with Crippen LogP contribution in [0.2, 0.25) is 10.0 Å². The van der Waals surface area contributed by atoms with Crippen molar-refractivity contribution >= 4 is 41.0 Å². The Morgan fingerprint density at radius 3 is 2.46 bits per heavy atom. The van der Waals surface area contributed by atoms with Crippen LogP contribution < -0.4 is 0 Å². The topological polar surface area (TPSA) is 72.9 Å². The molecule has 0 aliphatic carbocycles. The second-order valence-electron chi connectivity index (χ2n) is 5.38. The van der Waals surface area contributed by atoms with E-state index in [0.29, 0.717) is 31.0 Å². The summed E-state index contributed by atoms with van der Waals surface area (Å²) in [6, 6.07) is 4.39. The fourth-order valence-corrected chi connectivity index (χ4v) is 2.97. The van der Waals surface area contributed by atoms with Crippen molar-refractivity contribution in [3.05, 3.63) is 33.8 Å². The van der Waals surface area contributed by atoms with Crippen molar-refractivity contribution in [2.75, 3.05) is 26.8 Å². The van der Waals surface area contributed by atoms with Crippen LogP contribution in [0.15, 0.2) is 18.2 Å². The number of nitrogens with zero attached hydrogens (tertiary/aromatic N) is 1. The van der Waals surface area contributed by atoms with Crippen LogP contribution in [0.1, 0.15) is 23.2 Å². The number of likely N-dealkylation sites (tertiary alicyclic amines) is 1. The maximum absolute atomic E-state index is 12.1. The SMILES string of the molecule is COC(=O)C1CCN(C(=O)COC(=O)c2ccc(Cl)cc2Cl)CC1. The van der Waals surface area contributed by atoms with Gasteiger partial charge in [0.1, 0.15) is 0 Å². The number of rotatable bonds is 4. The molecule has 1 fully saturated rings. The zero-order valence-electron chi connectivity index (χ0n) is 13.1. The summed E-state index contributed by atoms with van der Waals surface area (Å²) in [5, 5.41) is 0.569. The minimum absolute atomic E-state index is 0.151. The molecule has 1 heterocycles. The minimum atomic E-state index is -0.686. The smallest absolute Gasteiger partial charge is 0.340 e. The molecule has 0 aromatic heterocycles. The number of benzene rings is 1. The van der Waals surface area contributed by atoms with E-state index >= 15 is 0 Å². The van der Waals surface area contributed by atoms with Gasteiger partial charge in [-0.15, -0.1) is 0 Å². The number of ether oxygens (including phenoxy) is 2. The van der Waals surface area contributed by atoms with Crippen LogP contribution in [0.3, 0.4) is 0 Å². The number of hydrogen-bond donors (Lipinski definition) is 0. The van der Waals surface area contributed by atoms with E-state index in [-0.39, 0.29) is 35.0 Å². The summed E-state index contributed by atoms with van der Waals surface area (Å²) in [7, 11) is 1.35. The van der Waals surface area contributed by atoms with E-state index in [2.05, 4.69) is 0 Å². The van der Waals surface area contributed by atoms with Gasteiger partial charge in [0.2, 0.25) is 0 Å². The largest absolute Gasteiger partial charge is 0.469 e. The van der Waals surface area contributed by atoms with Crippen LogP contribution in [0.25, 0.3) is 0 Å². The molecule has 0 atom stereocenters. The van der Waals surface area contributed by atoms with E-state index in [4.69, 9.17) is 32.7 Å². The Hall–Kier alpha value is -1.79. The van der Waals surface area contributed by atoms with E-state index in [1.165, 1.54) is 25.3 Å². The molecular formula is C16H17Cl2NO5. The van der Waals surface area contributed by atoms with Gasteiger partial charge in [-0.05, 0) is 31.0 Å². The molecule has 1 amide bonds. The fraction of sp³-hybridized carbons (Fsp3) is 0.438. The summed E-state index contributed by atoms with van der Waals surface area (Å²) < 4.78 is 9.71. The Kier molecular flexibility index (Phi) is 6.45. The predicted molar refractivity (Wildman–Crippen MR) is 88.1 cm³/mol. The summed E-state index contributed by atoms with van der Waals surface area (Å²) >= 11 is 11.7. The van der Waals surface area contributed by atoms with Gasteiger partial charge in [-0.2, -0.15) is 0 Å². The Labute approximate surface area is 149 Å². The van der Waals surface area contributed by atoms with Crippen molar-refractivity contribution in [3.8, 4) is 0 Å². The first kappa shape index (κ1) is 18.5. The summed E-state index contributed by atoms with van der Waals surface area (Å²) in [6.45, 7) is 0.483. The summed E-state index contributed by atoms with van der Waals surface area (Å²) in [5.74, 6) is -1.44. The van der Waals surface area contributed by atoms with E-state index in [0.717, 1.165) is 0 Å². The number of carbonyl (C=O) groups is 3. The molecular weight excluding hydrogens is 357 g/mol. The maximum atomic E-state index is 12.1. The Balaban J connectivity index is 1.83. The molecule has 1 saturated heterocycles. The molecule has 1 aromatic carbocycles. The van der Waals surface area contributed by atoms with Gasteiger partial charge in [0.15, 0.2) is 6.61 Å². The van der Waals surface area contributed by atoms with Gasteiger partial charge < -0.3 is 14.4 Å². The van der Waals surface area contributed by atoms with E-state index in [1.807, 2.05) is 0 Å². The van der Waals surface area contributed by atoms with Gasteiger partial charge in [-0.1, -0.05) is 23.2 Å². The van der Waals surface area contributed by atoms with Crippen LogP contribution in [0.4, 0.5) is 0 Å². The van der Waals surface area contributed by atoms with Crippen LogP contribution in [0.5, 0.6) is 0 Å². The minimum Gasteiger partial charge on any atom is -0.469 e. The molecule has 2 rings (SSSR count). The maximum Gasteiger partial charge on any atom is 0.340 e. The molecule has 1 aliphatic heterocycles. The summed E-state index contributed by atoms with van der Waals surface area (Å²) in [5.41, 5.74) is 0.151. The van der Waals surface area contributed by atoms with E-state index < -0.39 is 5.97 Å². The number of carbonyl (C=O) groups excluding carboxylic acids is 3. The first-order chi connectivity index (χ1) is 11.4. The molecule has 8 heteroatoms. The summed E-state index contributed by atoms with van der Waals surface area (Å²) in [6.07, 6.45) is 1.07. The van der Waals surface area contributed by atoms with Crippen molar-refractivity contribution in [1.29, 1.82) is 0 Å². The second kappa shape index (κ2) is 8.35. The fourth-order valence-electron chi connectivity index (χ4n) is 2.48. The predicted octanol–water partition coefficient (Wildman–Crippen LogP) is 2.56. The molecule has 24 heavy (non-hydrogen) atoms.